The molecule has 5 nitrogen and oxygen atoms in total. The van der Waals surface area contributed by atoms with Crippen LogP contribution in [0.1, 0.15) is 0 Å². The van der Waals surface area contributed by atoms with Crippen LogP contribution in [0.25, 0.3) is 0 Å². The zero-order valence-corrected chi connectivity index (χ0v) is 15.1. The number of rotatable bonds is 6. The number of aliphatic hydroxyl groups excluding tert-OH is 1. The van der Waals surface area contributed by atoms with E-state index in [1.165, 1.54) is 0 Å². The maximum absolute atomic E-state index is 10.2. The molecule has 0 bridgehead atoms. The number of ether oxygens (including phenoxy) is 1. The van der Waals surface area contributed by atoms with E-state index in [9.17, 15) is 5.11 Å². The summed E-state index contributed by atoms with van der Waals surface area (Å²) in [7, 11) is 0. The number of aromatic nitrogens is 1. The van der Waals surface area contributed by atoms with Gasteiger partial charge in [-0.05, 0) is 40.2 Å². The van der Waals surface area contributed by atoms with Crippen LogP contribution in [0, 0.1) is 0 Å². The Morgan fingerprint density at radius 3 is 2.54 bits per heavy atom. The summed E-state index contributed by atoms with van der Waals surface area (Å²) in [6, 6.07) is 13.7. The monoisotopic (exact) mass is 391 g/mol. The minimum atomic E-state index is -0.501. The van der Waals surface area contributed by atoms with Crippen LogP contribution in [0.5, 0.6) is 5.75 Å². The first-order chi connectivity index (χ1) is 11.7. The number of halogens is 1. The van der Waals surface area contributed by atoms with Gasteiger partial charge in [0.2, 0.25) is 0 Å². The van der Waals surface area contributed by atoms with Crippen LogP contribution >= 0.6 is 15.9 Å². The molecule has 2 aromatic rings. The van der Waals surface area contributed by atoms with Crippen LogP contribution in [0.3, 0.4) is 0 Å². The molecule has 3 rings (SSSR count). The molecule has 1 unspecified atom stereocenters. The molecule has 0 aliphatic carbocycles. The summed E-state index contributed by atoms with van der Waals surface area (Å²) < 4.78 is 6.59. The molecule has 0 amide bonds. The number of anilines is 1. The van der Waals surface area contributed by atoms with Gasteiger partial charge in [-0.2, -0.15) is 0 Å². The quantitative estimate of drug-likeness (QED) is 0.818. The number of pyridine rings is 1. The maximum atomic E-state index is 10.2. The average molecular weight is 392 g/mol. The molecule has 1 aromatic heterocycles. The topological polar surface area (TPSA) is 48.8 Å². The number of para-hydroxylation sites is 1. The van der Waals surface area contributed by atoms with Crippen LogP contribution in [-0.4, -0.2) is 60.4 Å². The van der Waals surface area contributed by atoms with Crippen molar-refractivity contribution in [2.45, 2.75) is 6.10 Å². The summed E-state index contributed by atoms with van der Waals surface area (Å²) in [6.07, 6.45) is 1.32. The molecule has 0 saturated carbocycles. The van der Waals surface area contributed by atoms with Crippen LogP contribution < -0.4 is 9.64 Å². The van der Waals surface area contributed by atoms with Gasteiger partial charge in [0.15, 0.2) is 0 Å². The second-order valence-corrected chi connectivity index (χ2v) is 6.73. The van der Waals surface area contributed by atoms with Crippen molar-refractivity contribution in [2.24, 2.45) is 0 Å². The zero-order valence-electron chi connectivity index (χ0n) is 13.5. The Labute approximate surface area is 151 Å². The Hall–Kier alpha value is -1.63. The number of aliphatic hydroxyl groups is 1. The smallest absolute Gasteiger partial charge is 0.133 e. The highest BCUT2D eigenvalue weighted by Gasteiger charge is 2.20. The molecule has 1 fully saturated rings. The molecule has 6 heteroatoms. The van der Waals surface area contributed by atoms with E-state index in [1.807, 2.05) is 48.7 Å². The predicted octanol–water partition coefficient (Wildman–Crippen LogP) is 2.41. The molecule has 1 aromatic carbocycles. The fourth-order valence-corrected chi connectivity index (χ4v) is 3.20. The Morgan fingerprint density at radius 1 is 1.08 bits per heavy atom. The van der Waals surface area contributed by atoms with Crippen LogP contribution in [0.4, 0.5) is 5.82 Å². The first kappa shape index (κ1) is 17.2. The van der Waals surface area contributed by atoms with Crippen molar-refractivity contribution >= 4 is 21.7 Å². The molecular weight excluding hydrogens is 370 g/mol. The molecule has 128 valence electrons. The molecule has 0 spiro atoms. The molecular formula is C18H22BrN3O2. The van der Waals surface area contributed by atoms with Crippen molar-refractivity contribution in [1.82, 2.24) is 9.88 Å². The van der Waals surface area contributed by atoms with E-state index in [0.29, 0.717) is 13.2 Å². The third-order valence-electron chi connectivity index (χ3n) is 4.08. The van der Waals surface area contributed by atoms with Gasteiger partial charge in [-0.1, -0.05) is 18.2 Å². The molecule has 24 heavy (non-hydrogen) atoms. The molecule has 1 aliphatic rings. The fraction of sp³-hybridized carbons (Fsp3) is 0.389. The van der Waals surface area contributed by atoms with Gasteiger partial charge < -0.3 is 14.7 Å². The van der Waals surface area contributed by atoms with E-state index in [2.05, 4.69) is 30.7 Å². The highest BCUT2D eigenvalue weighted by atomic mass is 79.9. The van der Waals surface area contributed by atoms with Gasteiger partial charge in [0.1, 0.15) is 24.3 Å². The van der Waals surface area contributed by atoms with E-state index >= 15 is 0 Å². The van der Waals surface area contributed by atoms with Crippen molar-refractivity contribution in [3.05, 3.63) is 53.1 Å². The highest BCUT2D eigenvalue weighted by molar-refractivity contribution is 9.10. The third kappa shape index (κ3) is 4.69. The zero-order chi connectivity index (χ0) is 16.8. The molecule has 1 aliphatic heterocycles. The first-order valence-corrected chi connectivity index (χ1v) is 8.95. The van der Waals surface area contributed by atoms with Gasteiger partial charge in [0.05, 0.1) is 4.47 Å². The average Bonchev–Trinajstić information content (AvgIpc) is 2.62. The predicted molar refractivity (Wildman–Crippen MR) is 98.5 cm³/mol. The Bertz CT molecular complexity index is 633. The maximum Gasteiger partial charge on any atom is 0.133 e. The lowest BCUT2D eigenvalue weighted by atomic mass is 10.2. The van der Waals surface area contributed by atoms with E-state index < -0.39 is 6.10 Å². The van der Waals surface area contributed by atoms with Gasteiger partial charge in [-0.3, -0.25) is 4.90 Å². The van der Waals surface area contributed by atoms with Crippen LogP contribution in [-0.2, 0) is 0 Å². The van der Waals surface area contributed by atoms with Gasteiger partial charge in [0, 0.05) is 38.9 Å². The summed E-state index contributed by atoms with van der Waals surface area (Å²) >= 11 is 3.45. The largest absolute Gasteiger partial charge is 0.490 e. The minimum Gasteiger partial charge on any atom is -0.490 e. The van der Waals surface area contributed by atoms with Gasteiger partial charge in [-0.25, -0.2) is 4.98 Å². The van der Waals surface area contributed by atoms with Crippen LogP contribution in [0.2, 0.25) is 0 Å². The molecule has 2 heterocycles. The summed E-state index contributed by atoms with van der Waals surface area (Å²) in [5.41, 5.74) is 0. The number of piperazine rings is 1. The molecule has 0 radical (unpaired) electrons. The normalized spacial score (nSPS) is 16.8. The van der Waals surface area contributed by atoms with Gasteiger partial charge >= 0.3 is 0 Å². The lowest BCUT2D eigenvalue weighted by Crippen LogP contribution is -2.49. The second-order valence-electron chi connectivity index (χ2n) is 5.87. The Morgan fingerprint density at radius 2 is 1.83 bits per heavy atom. The molecule has 1 saturated heterocycles. The number of benzene rings is 1. The summed E-state index contributed by atoms with van der Waals surface area (Å²) in [4.78, 5) is 8.94. The van der Waals surface area contributed by atoms with E-state index in [4.69, 9.17) is 4.74 Å². The van der Waals surface area contributed by atoms with E-state index in [0.717, 1.165) is 42.2 Å². The van der Waals surface area contributed by atoms with Crippen molar-refractivity contribution in [3.63, 3.8) is 0 Å². The summed E-state index contributed by atoms with van der Waals surface area (Å²) in [5.74, 6) is 1.78. The van der Waals surface area contributed by atoms with Crippen molar-refractivity contribution in [2.75, 3.05) is 44.2 Å². The van der Waals surface area contributed by atoms with Crippen molar-refractivity contribution in [1.29, 1.82) is 0 Å². The third-order valence-corrected chi connectivity index (χ3v) is 4.74. The number of nitrogens with zero attached hydrogens (tertiary/aromatic N) is 3. The summed E-state index contributed by atoms with van der Waals surface area (Å²) in [5, 5.41) is 10.2. The second kappa shape index (κ2) is 8.46. The van der Waals surface area contributed by atoms with Gasteiger partial charge in [0.25, 0.3) is 0 Å². The highest BCUT2D eigenvalue weighted by Crippen LogP contribution is 2.23. The van der Waals surface area contributed by atoms with Crippen LogP contribution in [0.15, 0.2) is 53.1 Å². The van der Waals surface area contributed by atoms with E-state index in [1.54, 1.807) is 0 Å². The standard InChI is InChI=1S/C18H22BrN3O2/c19-16-5-1-2-6-17(16)24-14-15(23)13-21-9-11-22(12-10-21)18-7-3-4-8-20-18/h1-8,15,23H,9-14H2. The fourth-order valence-electron chi connectivity index (χ4n) is 2.80. The Balaban J connectivity index is 1.42. The molecule has 1 N–H and O–H groups in total. The number of β-amino-alcohol motifs (C(OH)–C–C–N with tert-alkyl or cyclic N) is 1. The molecule has 1 atom stereocenters. The van der Waals surface area contributed by atoms with E-state index in [-0.39, 0.29) is 0 Å². The first-order valence-electron chi connectivity index (χ1n) is 8.16. The van der Waals surface area contributed by atoms with Crippen molar-refractivity contribution in [3.8, 4) is 5.75 Å². The van der Waals surface area contributed by atoms with Gasteiger partial charge in [-0.15, -0.1) is 0 Å². The Kier molecular flexibility index (Phi) is 6.07. The van der Waals surface area contributed by atoms with Crippen molar-refractivity contribution < 1.29 is 9.84 Å². The number of hydrogen-bond acceptors (Lipinski definition) is 5. The SMILES string of the molecule is OC(COc1ccccc1Br)CN1CCN(c2ccccn2)CC1. The number of hydrogen-bond donors (Lipinski definition) is 1. The minimum absolute atomic E-state index is 0.295. The lowest BCUT2D eigenvalue weighted by Gasteiger charge is -2.36. The summed E-state index contributed by atoms with van der Waals surface area (Å²) in [6.45, 7) is 4.61. The lowest BCUT2D eigenvalue weighted by molar-refractivity contribution is 0.0660.